The molecule has 2 heterocycles. The van der Waals surface area contributed by atoms with E-state index in [1.54, 1.807) is 11.8 Å². The first-order chi connectivity index (χ1) is 12.9. The molecule has 3 rings (SSSR count). The average Bonchev–Trinajstić information content (AvgIpc) is 2.95. The maximum absolute atomic E-state index is 13.1. The fourth-order valence-corrected chi connectivity index (χ4v) is 3.62. The Bertz CT molecular complexity index is 848. The molecule has 0 aliphatic carbocycles. The minimum absolute atomic E-state index is 0.0190. The lowest BCUT2D eigenvalue weighted by molar-refractivity contribution is 0.0570. The van der Waals surface area contributed by atoms with Gasteiger partial charge in [0.2, 0.25) is 0 Å². The van der Waals surface area contributed by atoms with Crippen molar-refractivity contribution in [3.8, 4) is 5.69 Å². The van der Waals surface area contributed by atoms with E-state index in [1.807, 2.05) is 30.9 Å². The van der Waals surface area contributed by atoms with E-state index in [0.29, 0.717) is 32.8 Å². The van der Waals surface area contributed by atoms with Gasteiger partial charge in [0.05, 0.1) is 12.2 Å². The lowest BCUT2D eigenvalue weighted by atomic mass is 10.2. The fraction of sp³-hybridized carbons (Fsp3) is 0.429. The molecule has 0 atom stereocenters. The van der Waals surface area contributed by atoms with Gasteiger partial charge in [-0.1, -0.05) is 12.1 Å². The molecule has 1 fully saturated rings. The van der Waals surface area contributed by atoms with Crippen molar-refractivity contribution >= 4 is 12.0 Å². The van der Waals surface area contributed by atoms with E-state index in [0.717, 1.165) is 22.6 Å². The number of hydrogen-bond donors (Lipinski definition) is 0. The van der Waals surface area contributed by atoms with Crippen LogP contribution < -0.4 is 0 Å². The summed E-state index contributed by atoms with van der Waals surface area (Å²) in [6, 6.07) is 10.2. The Morgan fingerprint density at radius 3 is 2.30 bits per heavy atom. The predicted molar refractivity (Wildman–Crippen MR) is 104 cm³/mol. The molecule has 1 aromatic heterocycles. The van der Waals surface area contributed by atoms with Crippen LogP contribution >= 0.6 is 0 Å². The van der Waals surface area contributed by atoms with Gasteiger partial charge in [0.1, 0.15) is 0 Å². The molecule has 0 N–H and O–H groups in total. The number of benzene rings is 1. The second-order valence-electron chi connectivity index (χ2n) is 6.94. The summed E-state index contributed by atoms with van der Waals surface area (Å²) in [7, 11) is 0. The first kappa shape index (κ1) is 19.0. The third kappa shape index (κ3) is 3.84. The summed E-state index contributed by atoms with van der Waals surface area (Å²) < 4.78 is 7.16. The normalized spacial score (nSPS) is 14.4. The van der Waals surface area contributed by atoms with Crippen molar-refractivity contribution in [2.24, 2.45) is 0 Å². The van der Waals surface area contributed by atoms with Gasteiger partial charge in [0, 0.05) is 43.3 Å². The van der Waals surface area contributed by atoms with E-state index < -0.39 is 0 Å². The molecule has 0 saturated carbocycles. The number of rotatable bonds is 3. The quantitative estimate of drug-likeness (QED) is 0.834. The van der Waals surface area contributed by atoms with E-state index >= 15 is 0 Å². The third-order valence-electron chi connectivity index (χ3n) is 5.01. The Kier molecular flexibility index (Phi) is 5.54. The number of hydrogen-bond acceptors (Lipinski definition) is 3. The topological polar surface area (TPSA) is 54.8 Å². The van der Waals surface area contributed by atoms with Gasteiger partial charge in [-0.2, -0.15) is 0 Å². The highest BCUT2D eigenvalue weighted by Gasteiger charge is 2.27. The lowest BCUT2D eigenvalue weighted by Gasteiger charge is -2.34. The van der Waals surface area contributed by atoms with E-state index in [4.69, 9.17) is 4.74 Å². The molecule has 1 saturated heterocycles. The highest BCUT2D eigenvalue weighted by Crippen LogP contribution is 2.23. The van der Waals surface area contributed by atoms with Crippen LogP contribution in [0.3, 0.4) is 0 Å². The Morgan fingerprint density at radius 1 is 1.00 bits per heavy atom. The lowest BCUT2D eigenvalue weighted by Crippen LogP contribution is -2.50. The van der Waals surface area contributed by atoms with Gasteiger partial charge in [-0.05, 0) is 51.5 Å². The number of aryl methyl sites for hydroxylation is 2. The minimum atomic E-state index is -0.303. The van der Waals surface area contributed by atoms with Crippen LogP contribution in [0.1, 0.15) is 34.2 Å². The largest absolute Gasteiger partial charge is 0.450 e. The minimum Gasteiger partial charge on any atom is -0.450 e. The molecule has 1 aromatic carbocycles. The van der Waals surface area contributed by atoms with Crippen LogP contribution in [0.15, 0.2) is 30.3 Å². The van der Waals surface area contributed by atoms with Crippen molar-refractivity contribution in [2.75, 3.05) is 32.8 Å². The molecule has 0 bridgehead atoms. The zero-order valence-corrected chi connectivity index (χ0v) is 16.5. The molecule has 0 spiro atoms. The molecular weight excluding hydrogens is 342 g/mol. The summed E-state index contributed by atoms with van der Waals surface area (Å²) in [5, 5.41) is 0. The van der Waals surface area contributed by atoms with Crippen molar-refractivity contribution < 1.29 is 14.3 Å². The van der Waals surface area contributed by atoms with Crippen LogP contribution in [0.2, 0.25) is 0 Å². The summed E-state index contributed by atoms with van der Waals surface area (Å²) in [5.41, 5.74) is 4.94. The maximum Gasteiger partial charge on any atom is 0.409 e. The summed E-state index contributed by atoms with van der Waals surface area (Å²) in [4.78, 5) is 28.4. The third-order valence-corrected chi connectivity index (χ3v) is 5.01. The molecule has 0 radical (unpaired) electrons. The first-order valence-electron chi connectivity index (χ1n) is 9.39. The molecule has 2 aromatic rings. The van der Waals surface area contributed by atoms with Crippen molar-refractivity contribution in [3.63, 3.8) is 0 Å². The number of amides is 2. The summed E-state index contributed by atoms with van der Waals surface area (Å²) >= 11 is 0. The molecular formula is C21H27N3O3. The van der Waals surface area contributed by atoms with E-state index in [-0.39, 0.29) is 12.0 Å². The zero-order valence-electron chi connectivity index (χ0n) is 16.5. The molecule has 1 aliphatic rings. The number of piperazine rings is 1. The van der Waals surface area contributed by atoms with E-state index in [9.17, 15) is 9.59 Å². The maximum atomic E-state index is 13.1. The Morgan fingerprint density at radius 2 is 1.67 bits per heavy atom. The van der Waals surface area contributed by atoms with Crippen LogP contribution in [0.25, 0.3) is 5.69 Å². The number of nitrogens with zero attached hydrogens (tertiary/aromatic N) is 3. The Hall–Kier alpha value is -2.76. The molecule has 6 heteroatoms. The van der Waals surface area contributed by atoms with Crippen LogP contribution in [0.5, 0.6) is 0 Å². The van der Waals surface area contributed by atoms with Gasteiger partial charge < -0.3 is 19.1 Å². The summed E-state index contributed by atoms with van der Waals surface area (Å²) in [5.74, 6) is 0.0190. The second-order valence-corrected chi connectivity index (χ2v) is 6.94. The van der Waals surface area contributed by atoms with Crippen molar-refractivity contribution in [1.82, 2.24) is 14.4 Å². The van der Waals surface area contributed by atoms with Crippen LogP contribution in [-0.4, -0.2) is 59.2 Å². The summed E-state index contributed by atoms with van der Waals surface area (Å²) in [6.45, 7) is 10.3. The standard InChI is InChI=1S/C21H27N3O3/c1-5-27-21(26)23-11-9-22(10-12-23)20(25)19-14-16(3)24(17(19)4)18-8-6-7-15(2)13-18/h6-8,13-14H,5,9-12H2,1-4H3. The highest BCUT2D eigenvalue weighted by atomic mass is 16.6. The van der Waals surface area contributed by atoms with Gasteiger partial charge in [0.25, 0.3) is 5.91 Å². The second kappa shape index (κ2) is 7.86. The molecule has 2 amide bonds. The molecule has 0 unspecified atom stereocenters. The Balaban J connectivity index is 1.77. The van der Waals surface area contributed by atoms with Crippen molar-refractivity contribution in [2.45, 2.75) is 27.7 Å². The number of aromatic nitrogens is 1. The van der Waals surface area contributed by atoms with Gasteiger partial charge >= 0.3 is 6.09 Å². The number of carbonyl (C=O) groups excluding carboxylic acids is 2. The monoisotopic (exact) mass is 369 g/mol. The Labute approximate surface area is 160 Å². The van der Waals surface area contributed by atoms with E-state index in [1.165, 1.54) is 5.56 Å². The van der Waals surface area contributed by atoms with Gasteiger partial charge in [0.15, 0.2) is 0 Å². The molecule has 144 valence electrons. The first-order valence-corrected chi connectivity index (χ1v) is 9.39. The number of ether oxygens (including phenoxy) is 1. The number of carbonyl (C=O) groups is 2. The smallest absolute Gasteiger partial charge is 0.409 e. The molecule has 1 aliphatic heterocycles. The van der Waals surface area contributed by atoms with Gasteiger partial charge in [-0.3, -0.25) is 4.79 Å². The molecule has 27 heavy (non-hydrogen) atoms. The SMILES string of the molecule is CCOC(=O)N1CCN(C(=O)c2cc(C)n(-c3cccc(C)c3)c2C)CC1. The van der Waals surface area contributed by atoms with Gasteiger partial charge in [-0.25, -0.2) is 4.79 Å². The van der Waals surface area contributed by atoms with Crippen molar-refractivity contribution in [1.29, 1.82) is 0 Å². The van der Waals surface area contributed by atoms with Crippen molar-refractivity contribution in [3.05, 3.63) is 52.8 Å². The highest BCUT2D eigenvalue weighted by molar-refractivity contribution is 5.96. The average molecular weight is 369 g/mol. The van der Waals surface area contributed by atoms with Gasteiger partial charge in [-0.15, -0.1) is 0 Å². The van der Waals surface area contributed by atoms with Crippen LogP contribution in [0.4, 0.5) is 4.79 Å². The van der Waals surface area contributed by atoms with E-state index in [2.05, 4.69) is 29.7 Å². The zero-order chi connectivity index (χ0) is 19.6. The predicted octanol–water partition coefficient (Wildman–Crippen LogP) is 3.32. The molecule has 6 nitrogen and oxygen atoms in total. The van der Waals surface area contributed by atoms with Crippen LogP contribution in [-0.2, 0) is 4.74 Å². The van der Waals surface area contributed by atoms with Crippen LogP contribution in [0, 0.1) is 20.8 Å². The summed E-state index contributed by atoms with van der Waals surface area (Å²) in [6.07, 6.45) is -0.303. The fourth-order valence-electron chi connectivity index (χ4n) is 3.62.